The minimum atomic E-state index is -2.15. The van der Waals surface area contributed by atoms with Crippen molar-refractivity contribution in [1.29, 1.82) is 0 Å². The van der Waals surface area contributed by atoms with Gasteiger partial charge >= 0.3 is 7.87 Å². The first-order valence-corrected chi connectivity index (χ1v) is 5.88. The van der Waals surface area contributed by atoms with Crippen LogP contribution in [0.4, 0.5) is 5.69 Å². The molecule has 0 unspecified atom stereocenters. The second-order valence-electron chi connectivity index (χ2n) is 3.06. The van der Waals surface area contributed by atoms with E-state index >= 15 is 0 Å². The van der Waals surface area contributed by atoms with Crippen LogP contribution in [-0.2, 0) is 0 Å². The highest BCUT2D eigenvalue weighted by atomic mass is 31.2. The zero-order valence-electron chi connectivity index (χ0n) is 7.94. The second kappa shape index (κ2) is 4.03. The molecule has 0 radical (unpaired) electrons. The van der Waals surface area contributed by atoms with E-state index in [1.165, 1.54) is 0 Å². The summed E-state index contributed by atoms with van der Waals surface area (Å²) in [7, 11) is 1.58. The Morgan fingerprint density at radius 3 is 2.15 bits per heavy atom. The number of nitrogens with one attached hydrogen (secondary N) is 1. The third-order valence-corrected chi connectivity index (χ3v) is 3.68. The molecule has 72 valence electrons. The fourth-order valence-electron chi connectivity index (χ4n) is 0.819. The van der Waals surface area contributed by atoms with E-state index in [2.05, 4.69) is 5.09 Å². The van der Waals surface area contributed by atoms with Gasteiger partial charge in [0.1, 0.15) is 0 Å². The van der Waals surface area contributed by atoms with Gasteiger partial charge in [-0.15, -0.1) is 4.67 Å². The van der Waals surface area contributed by atoms with Crippen molar-refractivity contribution in [3.63, 3.8) is 0 Å². The maximum Gasteiger partial charge on any atom is 0.318 e. The summed E-state index contributed by atoms with van der Waals surface area (Å²) in [4.78, 5) is 0. The summed E-state index contributed by atoms with van der Waals surface area (Å²) in [5, 5.41) is 3.11. The SMILES string of the molecule is CN(C)[P+](N)(N)Nc1ccccc1. The highest BCUT2D eigenvalue weighted by Gasteiger charge is 2.31. The van der Waals surface area contributed by atoms with Crippen LogP contribution in [-0.4, -0.2) is 18.8 Å². The number of nitrogens with two attached hydrogens (primary N) is 2. The van der Waals surface area contributed by atoms with E-state index in [9.17, 15) is 0 Å². The van der Waals surface area contributed by atoms with Crippen molar-refractivity contribution in [3.8, 4) is 0 Å². The van der Waals surface area contributed by atoms with E-state index < -0.39 is 7.87 Å². The molecular formula is C8H16N4P+. The van der Waals surface area contributed by atoms with Gasteiger partial charge in [0.25, 0.3) is 0 Å². The van der Waals surface area contributed by atoms with E-state index in [1.807, 2.05) is 49.1 Å². The highest BCUT2D eigenvalue weighted by molar-refractivity contribution is 7.70. The molecule has 1 rings (SSSR count). The molecule has 0 aliphatic rings. The van der Waals surface area contributed by atoms with Gasteiger partial charge in [0.15, 0.2) is 0 Å². The van der Waals surface area contributed by atoms with Crippen LogP contribution < -0.4 is 16.1 Å². The van der Waals surface area contributed by atoms with Crippen molar-refractivity contribution >= 4 is 13.6 Å². The summed E-state index contributed by atoms with van der Waals surface area (Å²) in [6.45, 7) is 0. The predicted octanol–water partition coefficient (Wildman–Crippen LogP) is 1.26. The molecule has 0 aliphatic carbocycles. The van der Waals surface area contributed by atoms with Gasteiger partial charge in [-0.3, -0.25) is 0 Å². The van der Waals surface area contributed by atoms with E-state index in [4.69, 9.17) is 11.0 Å². The normalized spacial score (nSPS) is 11.8. The summed E-state index contributed by atoms with van der Waals surface area (Å²) >= 11 is 0. The van der Waals surface area contributed by atoms with Gasteiger partial charge in [-0.25, -0.2) is 5.09 Å². The quantitative estimate of drug-likeness (QED) is 0.641. The Kier molecular flexibility index (Phi) is 3.22. The number of rotatable bonds is 3. The molecule has 1 aromatic rings. The average molecular weight is 199 g/mol. The minimum Gasteiger partial charge on any atom is -0.215 e. The lowest BCUT2D eigenvalue weighted by molar-refractivity contribution is 0.662. The van der Waals surface area contributed by atoms with Crippen molar-refractivity contribution in [2.75, 3.05) is 19.2 Å². The molecule has 0 amide bonds. The molecule has 0 saturated carbocycles. The molecule has 1 aromatic carbocycles. The van der Waals surface area contributed by atoms with E-state index in [1.54, 1.807) is 0 Å². The van der Waals surface area contributed by atoms with Crippen LogP contribution in [0.25, 0.3) is 0 Å². The van der Waals surface area contributed by atoms with Crippen molar-refractivity contribution < 1.29 is 0 Å². The summed E-state index contributed by atoms with van der Waals surface area (Å²) in [6, 6.07) is 9.72. The molecule has 5 heteroatoms. The molecule has 0 saturated heterocycles. The van der Waals surface area contributed by atoms with Crippen LogP contribution >= 0.6 is 7.87 Å². The molecule has 0 bridgehead atoms. The maximum absolute atomic E-state index is 5.90. The average Bonchev–Trinajstić information content (AvgIpc) is 2.05. The van der Waals surface area contributed by atoms with Gasteiger partial charge in [-0.1, -0.05) is 18.2 Å². The van der Waals surface area contributed by atoms with Gasteiger partial charge in [-0.05, 0) is 12.1 Å². The van der Waals surface area contributed by atoms with Crippen LogP contribution in [0.3, 0.4) is 0 Å². The Hall–Kier alpha value is -0.670. The van der Waals surface area contributed by atoms with Crippen molar-refractivity contribution in [2.24, 2.45) is 11.0 Å². The smallest absolute Gasteiger partial charge is 0.215 e. The van der Waals surface area contributed by atoms with Gasteiger partial charge < -0.3 is 0 Å². The zero-order valence-corrected chi connectivity index (χ0v) is 8.83. The lowest BCUT2D eigenvalue weighted by Gasteiger charge is -2.22. The lowest BCUT2D eigenvalue weighted by atomic mass is 10.3. The van der Waals surface area contributed by atoms with E-state index in [0.29, 0.717) is 0 Å². The fraction of sp³-hybridized carbons (Fsp3) is 0.250. The highest BCUT2D eigenvalue weighted by Crippen LogP contribution is 2.42. The van der Waals surface area contributed by atoms with Crippen molar-refractivity contribution in [3.05, 3.63) is 30.3 Å². The molecule has 0 fully saturated rings. The third-order valence-electron chi connectivity index (χ3n) is 1.74. The van der Waals surface area contributed by atoms with E-state index in [0.717, 1.165) is 5.69 Å². The van der Waals surface area contributed by atoms with Crippen LogP contribution in [0.5, 0.6) is 0 Å². The summed E-state index contributed by atoms with van der Waals surface area (Å²) < 4.78 is 1.82. The number of nitrogens with zero attached hydrogens (tertiary/aromatic N) is 1. The molecule has 4 nitrogen and oxygen atoms in total. The third kappa shape index (κ3) is 2.94. The number of para-hydroxylation sites is 1. The van der Waals surface area contributed by atoms with Crippen LogP contribution in [0.2, 0.25) is 0 Å². The molecule has 0 heterocycles. The maximum atomic E-state index is 5.90. The molecule has 0 atom stereocenters. The minimum absolute atomic E-state index is 0.953. The Morgan fingerprint density at radius 2 is 1.69 bits per heavy atom. The molecule has 0 spiro atoms. The molecular weight excluding hydrogens is 183 g/mol. The van der Waals surface area contributed by atoms with Crippen LogP contribution in [0.1, 0.15) is 0 Å². The largest absolute Gasteiger partial charge is 0.318 e. The summed E-state index contributed by atoms with van der Waals surface area (Å²) in [5.74, 6) is 0. The van der Waals surface area contributed by atoms with Crippen LogP contribution in [0, 0.1) is 0 Å². The first kappa shape index (κ1) is 10.4. The van der Waals surface area contributed by atoms with Gasteiger partial charge in [-0.2, -0.15) is 11.0 Å². The van der Waals surface area contributed by atoms with Gasteiger partial charge in [0, 0.05) is 14.1 Å². The zero-order chi connectivity index (χ0) is 9.90. The monoisotopic (exact) mass is 199 g/mol. The molecule has 13 heavy (non-hydrogen) atoms. The van der Waals surface area contributed by atoms with Crippen LogP contribution in [0.15, 0.2) is 30.3 Å². The molecule has 0 aliphatic heterocycles. The standard InChI is InChI=1S/C8H16N4P/c1-12(2)13(9,10)11-8-6-4-3-5-7-8/h3-7,11H,9-10H2,1-2H3/q+1. The fourth-order valence-corrected chi connectivity index (χ4v) is 1.58. The Labute approximate surface area is 79.5 Å². The van der Waals surface area contributed by atoms with E-state index in [-0.39, 0.29) is 0 Å². The Balaban J connectivity index is 2.69. The van der Waals surface area contributed by atoms with Gasteiger partial charge in [0.05, 0.1) is 5.69 Å². The molecule has 0 aromatic heterocycles. The molecule has 5 N–H and O–H groups in total. The van der Waals surface area contributed by atoms with Crippen molar-refractivity contribution in [2.45, 2.75) is 0 Å². The number of benzene rings is 1. The summed E-state index contributed by atoms with van der Waals surface area (Å²) in [5.41, 5.74) is 12.7. The Bertz CT molecular complexity index is 260. The Morgan fingerprint density at radius 1 is 1.15 bits per heavy atom. The predicted molar refractivity (Wildman–Crippen MR) is 59.0 cm³/mol. The summed E-state index contributed by atoms with van der Waals surface area (Å²) in [6.07, 6.45) is 0. The number of anilines is 1. The first-order valence-electron chi connectivity index (χ1n) is 4.00. The number of hydrogen-bond donors (Lipinski definition) is 3. The number of hydrogen-bond acceptors (Lipinski definition) is 4. The lowest BCUT2D eigenvalue weighted by Crippen LogP contribution is -2.33. The second-order valence-corrected chi connectivity index (χ2v) is 5.56. The van der Waals surface area contributed by atoms with Crippen molar-refractivity contribution in [1.82, 2.24) is 4.67 Å². The van der Waals surface area contributed by atoms with Gasteiger partial charge in [0.2, 0.25) is 0 Å². The topological polar surface area (TPSA) is 67.3 Å². The first-order chi connectivity index (χ1) is 6.02.